The molecule has 1 aromatic rings. The summed E-state index contributed by atoms with van der Waals surface area (Å²) in [5, 5.41) is 0.849. The Morgan fingerprint density at radius 1 is 1.32 bits per heavy atom. The molecule has 0 N–H and O–H groups in total. The maximum Gasteiger partial charge on any atom is 0.443 e. The van der Waals surface area contributed by atoms with Gasteiger partial charge in [-0.2, -0.15) is 0 Å². The van der Waals surface area contributed by atoms with Gasteiger partial charge in [0, 0.05) is 6.42 Å². The molecule has 1 rings (SSSR count). The van der Waals surface area contributed by atoms with Crippen LogP contribution in [0.5, 0.6) is 0 Å². The van der Waals surface area contributed by atoms with E-state index in [1.807, 2.05) is 30.3 Å². The number of rotatable bonds is 5. The van der Waals surface area contributed by atoms with Crippen LogP contribution in [-0.2, 0) is 21.0 Å². The van der Waals surface area contributed by atoms with Gasteiger partial charge >= 0.3 is 12.1 Å². The number of benzene rings is 1. The van der Waals surface area contributed by atoms with Crippen LogP contribution in [0.3, 0.4) is 0 Å². The molecule has 0 radical (unpaired) electrons. The quantitative estimate of drug-likeness (QED) is 0.605. The second kappa shape index (κ2) is 7.92. The van der Waals surface area contributed by atoms with Crippen LogP contribution in [0.25, 0.3) is 0 Å². The van der Waals surface area contributed by atoms with Crippen LogP contribution in [0.4, 0.5) is 4.79 Å². The van der Waals surface area contributed by atoms with Gasteiger partial charge in [-0.25, -0.2) is 9.59 Å². The number of hydrogen-bond donors (Lipinski definition) is 0. The Hall–Kier alpha value is -2.30. The standard InChI is InChI=1S/C14H17NO4/c1-3-10-15(19-13(16)4-2)14(17)18-11-12-8-6-5-7-9-12/h3,5-9H,1,4,10-11H2,2H3. The summed E-state index contributed by atoms with van der Waals surface area (Å²) in [7, 11) is 0. The first kappa shape index (κ1) is 14.8. The minimum Gasteiger partial charge on any atom is -0.442 e. The lowest BCUT2D eigenvalue weighted by molar-refractivity contribution is -0.179. The third-order valence-corrected chi connectivity index (χ3v) is 2.20. The Kier molecular flexibility index (Phi) is 6.15. The third-order valence-electron chi connectivity index (χ3n) is 2.20. The topological polar surface area (TPSA) is 55.8 Å². The van der Waals surface area contributed by atoms with E-state index in [0.717, 1.165) is 10.6 Å². The molecular formula is C14H17NO4. The fourth-order valence-electron chi connectivity index (χ4n) is 1.25. The summed E-state index contributed by atoms with van der Waals surface area (Å²) in [5.74, 6) is -0.501. The third kappa shape index (κ3) is 5.25. The SMILES string of the molecule is C=CCN(OC(=O)CC)C(=O)OCc1ccccc1. The van der Waals surface area contributed by atoms with Crippen LogP contribution in [0, 0.1) is 0 Å². The summed E-state index contributed by atoms with van der Waals surface area (Å²) in [6.07, 6.45) is 0.914. The van der Waals surface area contributed by atoms with E-state index in [-0.39, 0.29) is 19.6 Å². The minimum absolute atomic E-state index is 0.0827. The second-order valence-electron chi connectivity index (χ2n) is 3.71. The minimum atomic E-state index is -0.717. The van der Waals surface area contributed by atoms with Crippen LogP contribution < -0.4 is 0 Å². The van der Waals surface area contributed by atoms with E-state index in [0.29, 0.717) is 0 Å². The zero-order valence-electron chi connectivity index (χ0n) is 10.9. The molecule has 0 atom stereocenters. The Balaban J connectivity index is 2.52. The number of carbonyl (C=O) groups is 2. The maximum atomic E-state index is 11.7. The summed E-state index contributed by atoms with van der Waals surface area (Å²) in [6.45, 7) is 5.34. The van der Waals surface area contributed by atoms with Crippen molar-refractivity contribution >= 4 is 12.1 Å². The average molecular weight is 263 g/mol. The lowest BCUT2D eigenvalue weighted by Gasteiger charge is -2.18. The van der Waals surface area contributed by atoms with Crippen molar-refractivity contribution in [1.82, 2.24) is 5.06 Å². The Morgan fingerprint density at radius 2 is 2.00 bits per heavy atom. The van der Waals surface area contributed by atoms with Crippen LogP contribution in [0.1, 0.15) is 18.9 Å². The van der Waals surface area contributed by atoms with E-state index in [2.05, 4.69) is 6.58 Å². The second-order valence-corrected chi connectivity index (χ2v) is 3.71. The molecule has 0 fully saturated rings. The van der Waals surface area contributed by atoms with Gasteiger partial charge in [-0.15, -0.1) is 11.6 Å². The molecule has 5 nitrogen and oxygen atoms in total. The van der Waals surface area contributed by atoms with Crippen molar-refractivity contribution in [2.45, 2.75) is 20.0 Å². The summed E-state index contributed by atoms with van der Waals surface area (Å²) in [5.41, 5.74) is 0.858. The van der Waals surface area contributed by atoms with Gasteiger partial charge < -0.3 is 9.57 Å². The first-order chi connectivity index (χ1) is 9.17. The van der Waals surface area contributed by atoms with Crippen LogP contribution in [-0.4, -0.2) is 23.7 Å². The van der Waals surface area contributed by atoms with Gasteiger partial charge in [-0.05, 0) is 5.56 Å². The van der Waals surface area contributed by atoms with Crippen molar-refractivity contribution in [3.05, 3.63) is 48.6 Å². The highest BCUT2D eigenvalue weighted by Gasteiger charge is 2.18. The highest BCUT2D eigenvalue weighted by molar-refractivity contribution is 5.73. The van der Waals surface area contributed by atoms with Crippen LogP contribution >= 0.6 is 0 Å². The molecule has 1 aromatic carbocycles. The molecule has 102 valence electrons. The van der Waals surface area contributed by atoms with E-state index >= 15 is 0 Å². The van der Waals surface area contributed by atoms with Gasteiger partial charge in [-0.3, -0.25) is 0 Å². The van der Waals surface area contributed by atoms with Crippen molar-refractivity contribution in [3.63, 3.8) is 0 Å². The molecule has 0 unspecified atom stereocenters. The van der Waals surface area contributed by atoms with Gasteiger partial charge in [0.15, 0.2) is 0 Å². The molecule has 5 heteroatoms. The summed E-state index contributed by atoms with van der Waals surface area (Å²) in [4.78, 5) is 27.7. The number of ether oxygens (including phenoxy) is 1. The molecular weight excluding hydrogens is 246 g/mol. The number of nitrogens with zero attached hydrogens (tertiary/aromatic N) is 1. The smallest absolute Gasteiger partial charge is 0.442 e. The van der Waals surface area contributed by atoms with Gasteiger partial charge in [0.2, 0.25) is 0 Å². The molecule has 19 heavy (non-hydrogen) atoms. The first-order valence-electron chi connectivity index (χ1n) is 5.97. The van der Waals surface area contributed by atoms with Crippen LogP contribution in [0.2, 0.25) is 0 Å². The van der Waals surface area contributed by atoms with Gasteiger partial charge in [0.05, 0.1) is 6.54 Å². The van der Waals surface area contributed by atoms with Gasteiger partial charge in [-0.1, -0.05) is 43.3 Å². The molecule has 0 aliphatic rings. The first-order valence-corrected chi connectivity index (χ1v) is 5.97. The van der Waals surface area contributed by atoms with Crippen molar-refractivity contribution in [1.29, 1.82) is 0 Å². The number of hydroxylamine groups is 2. The predicted octanol–water partition coefficient (Wildman–Crippen LogP) is 2.68. The van der Waals surface area contributed by atoms with Gasteiger partial charge in [0.1, 0.15) is 6.61 Å². The Labute approximate surface area is 112 Å². The summed E-state index contributed by atoms with van der Waals surface area (Å²) < 4.78 is 5.05. The molecule has 0 heterocycles. The molecule has 0 aliphatic heterocycles. The summed E-state index contributed by atoms with van der Waals surface area (Å²) in [6, 6.07) is 9.24. The van der Waals surface area contributed by atoms with E-state index in [9.17, 15) is 9.59 Å². The zero-order valence-corrected chi connectivity index (χ0v) is 10.9. The lowest BCUT2D eigenvalue weighted by atomic mass is 10.2. The maximum absolute atomic E-state index is 11.7. The number of hydrogen-bond acceptors (Lipinski definition) is 4. The molecule has 0 aromatic heterocycles. The molecule has 0 bridgehead atoms. The van der Waals surface area contributed by atoms with E-state index in [1.165, 1.54) is 6.08 Å². The van der Waals surface area contributed by atoms with Crippen molar-refractivity contribution in [2.24, 2.45) is 0 Å². The van der Waals surface area contributed by atoms with E-state index in [4.69, 9.17) is 9.57 Å². The highest BCUT2D eigenvalue weighted by Crippen LogP contribution is 2.04. The highest BCUT2D eigenvalue weighted by atomic mass is 16.7. The fraction of sp³-hybridized carbons (Fsp3) is 0.286. The van der Waals surface area contributed by atoms with Crippen molar-refractivity contribution < 1.29 is 19.2 Å². The van der Waals surface area contributed by atoms with Crippen LogP contribution in [0.15, 0.2) is 43.0 Å². The van der Waals surface area contributed by atoms with Crippen molar-refractivity contribution in [2.75, 3.05) is 6.54 Å². The molecule has 1 amide bonds. The Morgan fingerprint density at radius 3 is 2.58 bits per heavy atom. The number of carbonyl (C=O) groups excluding carboxylic acids is 2. The monoisotopic (exact) mass is 263 g/mol. The largest absolute Gasteiger partial charge is 0.443 e. The van der Waals surface area contributed by atoms with Crippen molar-refractivity contribution in [3.8, 4) is 0 Å². The molecule has 0 aliphatic carbocycles. The lowest BCUT2D eigenvalue weighted by Crippen LogP contribution is -2.34. The van der Waals surface area contributed by atoms with Gasteiger partial charge in [0.25, 0.3) is 0 Å². The Bertz CT molecular complexity index is 430. The van der Waals surface area contributed by atoms with E-state index < -0.39 is 12.1 Å². The molecule has 0 spiro atoms. The average Bonchev–Trinajstić information content (AvgIpc) is 2.45. The number of amides is 1. The molecule has 0 saturated carbocycles. The zero-order chi connectivity index (χ0) is 14.1. The molecule has 0 saturated heterocycles. The normalized spacial score (nSPS) is 9.53. The fourth-order valence-corrected chi connectivity index (χ4v) is 1.25. The van der Waals surface area contributed by atoms with E-state index in [1.54, 1.807) is 6.92 Å². The summed E-state index contributed by atoms with van der Waals surface area (Å²) >= 11 is 0. The predicted molar refractivity (Wildman–Crippen MR) is 69.9 cm³/mol.